The Labute approximate surface area is 231 Å². The predicted molar refractivity (Wildman–Crippen MR) is 152 cm³/mol. The average molecular weight is 711 g/mol. The molecule has 0 saturated heterocycles. The second-order valence-electron chi connectivity index (χ2n) is 10.8. The van der Waals surface area contributed by atoms with Gasteiger partial charge in [0.1, 0.15) is 0 Å². The third-order valence-corrected chi connectivity index (χ3v) is 11.7. The first-order valence-electron chi connectivity index (χ1n) is 11.3. The summed E-state index contributed by atoms with van der Waals surface area (Å²) >= 11 is 0. The molecular formula is C26H48N4Si2U. The van der Waals surface area contributed by atoms with Crippen molar-refractivity contribution in [3.63, 3.8) is 0 Å². The molecule has 0 amide bonds. The van der Waals surface area contributed by atoms with E-state index in [-0.39, 0.29) is 31.1 Å². The van der Waals surface area contributed by atoms with Gasteiger partial charge in [0.05, 0.1) is 0 Å². The van der Waals surface area contributed by atoms with Gasteiger partial charge in [-0.25, -0.2) is 0 Å². The normalized spacial score (nSPS) is 10.4. The molecule has 2 aromatic rings. The SMILES string of the molecule is C[Si](C)(C)[N-][Si](C)(C)C.Cc1c(C)c(C)[c-](C)c1C.Cc1c(C)c(C)[c-](C)c1C.[N-]=[N+]=[N-].[U+4]. The van der Waals surface area contributed by atoms with Crippen molar-refractivity contribution in [1.82, 2.24) is 0 Å². The number of nitrogens with zero attached hydrogens (tertiary/aromatic N) is 4. The third kappa shape index (κ3) is 13.2. The van der Waals surface area contributed by atoms with E-state index in [1.54, 1.807) is 0 Å². The first-order chi connectivity index (χ1) is 14.2. The molecule has 0 radical (unpaired) electrons. The predicted octanol–water partition coefficient (Wildman–Crippen LogP) is 9.79. The average Bonchev–Trinajstić information content (AvgIpc) is 2.91. The molecule has 0 N–H and O–H groups in total. The zero-order valence-electron chi connectivity index (χ0n) is 24.3. The Morgan fingerprint density at radius 3 is 0.727 bits per heavy atom. The van der Waals surface area contributed by atoms with E-state index in [0.29, 0.717) is 0 Å². The van der Waals surface area contributed by atoms with Gasteiger partial charge in [-0.3, -0.25) is 4.91 Å². The minimum atomic E-state index is -1.11. The van der Waals surface area contributed by atoms with Crippen LogP contribution < -0.4 is 0 Å². The molecule has 33 heavy (non-hydrogen) atoms. The van der Waals surface area contributed by atoms with Crippen LogP contribution in [0.15, 0.2) is 0 Å². The summed E-state index contributed by atoms with van der Waals surface area (Å²) in [5.74, 6) is 0. The van der Waals surface area contributed by atoms with Crippen molar-refractivity contribution in [2.75, 3.05) is 0 Å². The Bertz CT molecular complexity index is 676. The van der Waals surface area contributed by atoms with Crippen molar-refractivity contribution >= 4 is 16.5 Å². The van der Waals surface area contributed by atoms with Crippen LogP contribution in [0.3, 0.4) is 0 Å². The summed E-state index contributed by atoms with van der Waals surface area (Å²) < 4.78 is 4.82. The molecule has 0 atom stereocenters. The van der Waals surface area contributed by atoms with Gasteiger partial charge in [0.2, 0.25) is 0 Å². The largest absolute Gasteiger partial charge is 4.00 e. The van der Waals surface area contributed by atoms with E-state index in [1.165, 1.54) is 60.5 Å². The second kappa shape index (κ2) is 15.5. The Hall–Kier alpha value is -0.544. The number of rotatable bonds is 2. The summed E-state index contributed by atoms with van der Waals surface area (Å²) in [6, 6.07) is 0. The van der Waals surface area contributed by atoms with Crippen molar-refractivity contribution in [1.29, 1.82) is 0 Å². The maximum absolute atomic E-state index is 6.75. The summed E-state index contributed by atoms with van der Waals surface area (Å²) in [5.41, 5.74) is 28.2. The van der Waals surface area contributed by atoms with Gasteiger partial charge in [-0.1, -0.05) is 125 Å². The van der Waals surface area contributed by atoms with E-state index in [9.17, 15) is 0 Å². The molecule has 2 aromatic carbocycles. The Kier molecular flexibility index (Phi) is 17.3. The minimum absolute atomic E-state index is 0. The van der Waals surface area contributed by atoms with Gasteiger partial charge in [-0.05, 0) is 0 Å². The number of hydrogen-bond donors (Lipinski definition) is 0. The maximum Gasteiger partial charge on any atom is 4.00 e. The Morgan fingerprint density at radius 2 is 0.697 bits per heavy atom. The van der Waals surface area contributed by atoms with Gasteiger partial charge >= 0.3 is 31.1 Å². The molecule has 0 unspecified atom stereocenters. The molecule has 7 heteroatoms. The van der Waals surface area contributed by atoms with E-state index < -0.39 is 16.5 Å². The number of hydrogen-bond acceptors (Lipinski definition) is 0. The summed E-state index contributed by atoms with van der Waals surface area (Å²) in [4.78, 5) is 1.50. The van der Waals surface area contributed by atoms with Crippen molar-refractivity contribution in [3.05, 3.63) is 76.3 Å². The van der Waals surface area contributed by atoms with E-state index in [0.717, 1.165) is 0 Å². The molecule has 0 spiro atoms. The maximum atomic E-state index is 6.75. The minimum Gasteiger partial charge on any atom is -0.668 e. The van der Waals surface area contributed by atoms with E-state index in [1.807, 2.05) is 0 Å². The molecule has 4 nitrogen and oxygen atoms in total. The van der Waals surface area contributed by atoms with Gasteiger partial charge in [0.15, 0.2) is 0 Å². The molecule has 0 aromatic heterocycles. The molecule has 0 heterocycles. The van der Waals surface area contributed by atoms with Gasteiger partial charge in [-0.15, -0.1) is 0 Å². The molecule has 0 aliphatic rings. The van der Waals surface area contributed by atoms with Crippen molar-refractivity contribution in [2.24, 2.45) is 0 Å². The van der Waals surface area contributed by atoms with Crippen LogP contribution >= 0.6 is 0 Å². The zero-order valence-corrected chi connectivity index (χ0v) is 30.5. The van der Waals surface area contributed by atoms with Crippen molar-refractivity contribution in [2.45, 2.75) is 109 Å². The summed E-state index contributed by atoms with van der Waals surface area (Å²) in [7, 11) is -2.21. The molecule has 0 fully saturated rings. The topological polar surface area (TPSA) is 72.8 Å². The summed E-state index contributed by atoms with van der Waals surface area (Å²) in [6.45, 7) is 35.8. The van der Waals surface area contributed by atoms with Crippen LogP contribution in [-0.4, -0.2) is 16.5 Å². The molecule has 0 aliphatic carbocycles. The van der Waals surface area contributed by atoms with Gasteiger partial charge in [-0.2, -0.15) is 55.6 Å². The van der Waals surface area contributed by atoms with E-state index in [4.69, 9.17) is 15.7 Å². The zero-order chi connectivity index (χ0) is 26.2. The summed E-state index contributed by atoms with van der Waals surface area (Å²) in [5, 5.41) is 0. The van der Waals surface area contributed by atoms with Crippen LogP contribution in [-0.2, 0) is 0 Å². The Morgan fingerprint density at radius 1 is 0.545 bits per heavy atom. The fourth-order valence-electron chi connectivity index (χ4n) is 3.82. The standard InChI is InChI=1S/2C10H15.C6H18NSi2.N3.U/c2*1-6-7(2)9(4)10(5)8(6)3;1-8(2,3)7-9(4,5)6;1-3-2;/h2*1-5H3;1-6H3;;/q4*-1;+4. The molecule has 0 aliphatic heterocycles. The van der Waals surface area contributed by atoms with E-state index in [2.05, 4.69) is 109 Å². The first-order valence-corrected chi connectivity index (χ1v) is 18.2. The van der Waals surface area contributed by atoms with Crippen LogP contribution in [0.1, 0.15) is 55.6 Å². The van der Waals surface area contributed by atoms with Gasteiger partial charge in [0.25, 0.3) is 0 Å². The second-order valence-corrected chi connectivity index (χ2v) is 20.4. The van der Waals surface area contributed by atoms with Crippen LogP contribution in [0.25, 0.3) is 20.6 Å². The van der Waals surface area contributed by atoms with Crippen molar-refractivity contribution in [3.8, 4) is 0 Å². The smallest absolute Gasteiger partial charge is 0.668 e. The molecule has 0 saturated carbocycles. The first kappa shape index (κ1) is 37.0. The summed E-state index contributed by atoms with van der Waals surface area (Å²) in [6.07, 6.45) is 0. The van der Waals surface area contributed by atoms with Crippen LogP contribution in [0.4, 0.5) is 0 Å². The van der Waals surface area contributed by atoms with E-state index >= 15 is 0 Å². The molecular weight excluding hydrogens is 663 g/mol. The monoisotopic (exact) mass is 710 g/mol. The Balaban J connectivity index is -0.000000381. The van der Waals surface area contributed by atoms with Crippen molar-refractivity contribution < 1.29 is 31.1 Å². The third-order valence-electron chi connectivity index (χ3n) is 6.30. The van der Waals surface area contributed by atoms with Crippen LogP contribution in [0, 0.1) is 100 Å². The fourth-order valence-corrected chi connectivity index (χ4v) is 11.9. The van der Waals surface area contributed by atoms with Crippen LogP contribution in [0.2, 0.25) is 39.3 Å². The molecule has 0 bridgehead atoms. The quantitative estimate of drug-likeness (QED) is 0.0979. The molecule has 2 rings (SSSR count). The molecule has 184 valence electrons. The van der Waals surface area contributed by atoms with Gasteiger partial charge in [0, 0.05) is 0 Å². The van der Waals surface area contributed by atoms with Crippen LogP contribution in [0.5, 0.6) is 0 Å². The van der Waals surface area contributed by atoms with Gasteiger partial charge < -0.3 is 15.7 Å². The fraction of sp³-hybridized carbons (Fsp3) is 0.615.